The van der Waals surface area contributed by atoms with Crippen LogP contribution in [0.4, 0.5) is 5.69 Å². The van der Waals surface area contributed by atoms with E-state index in [2.05, 4.69) is 15.4 Å². The van der Waals surface area contributed by atoms with Gasteiger partial charge in [-0.1, -0.05) is 18.2 Å². The van der Waals surface area contributed by atoms with E-state index in [1.54, 1.807) is 10.7 Å². The molecule has 0 aliphatic rings. The molecule has 0 unspecified atom stereocenters. The molecule has 3 aromatic heterocycles. The highest BCUT2D eigenvalue weighted by Crippen LogP contribution is 2.19. The van der Waals surface area contributed by atoms with Gasteiger partial charge in [-0.05, 0) is 29.8 Å². The van der Waals surface area contributed by atoms with Crippen molar-refractivity contribution in [1.82, 2.24) is 14.6 Å². The molecule has 0 aliphatic carbocycles. The molecule has 5 heteroatoms. The van der Waals surface area contributed by atoms with Gasteiger partial charge in [0.25, 0.3) is 0 Å². The van der Waals surface area contributed by atoms with Crippen LogP contribution in [0.25, 0.3) is 16.4 Å². The second-order valence-electron chi connectivity index (χ2n) is 5.20. The number of pyridine rings is 1. The molecule has 2 N–H and O–H groups in total. The lowest BCUT2D eigenvalue weighted by atomic mass is 10.1. The van der Waals surface area contributed by atoms with Gasteiger partial charge in [-0.25, -0.2) is 4.52 Å². The summed E-state index contributed by atoms with van der Waals surface area (Å²) in [5.41, 5.74) is 3.77. The number of amides is 1. The Balaban J connectivity index is 1.54. The first-order valence-corrected chi connectivity index (χ1v) is 7.08. The van der Waals surface area contributed by atoms with E-state index in [1.165, 1.54) is 0 Å². The summed E-state index contributed by atoms with van der Waals surface area (Å²) in [6.45, 7) is 0. The molecule has 1 amide bonds. The molecule has 4 rings (SSSR count). The quantitative estimate of drug-likeness (QED) is 0.609. The van der Waals surface area contributed by atoms with Crippen LogP contribution in [-0.2, 0) is 11.2 Å². The highest BCUT2D eigenvalue weighted by Gasteiger charge is 2.09. The third kappa shape index (κ3) is 2.22. The SMILES string of the molecule is O=C(Cc1c[nH]c2ccccc12)Nc1ccn2nccc2c1. The third-order valence-corrected chi connectivity index (χ3v) is 3.71. The minimum Gasteiger partial charge on any atom is -0.361 e. The van der Waals surface area contributed by atoms with E-state index in [0.29, 0.717) is 6.42 Å². The third-order valence-electron chi connectivity index (χ3n) is 3.71. The summed E-state index contributed by atoms with van der Waals surface area (Å²) in [5.74, 6) is -0.0337. The maximum Gasteiger partial charge on any atom is 0.228 e. The lowest BCUT2D eigenvalue weighted by Crippen LogP contribution is -2.14. The lowest BCUT2D eigenvalue weighted by Gasteiger charge is -2.05. The molecule has 0 aliphatic heterocycles. The van der Waals surface area contributed by atoms with Crippen molar-refractivity contribution in [2.24, 2.45) is 0 Å². The number of fused-ring (bicyclic) bond motifs is 2. The minimum absolute atomic E-state index is 0.0337. The number of aromatic nitrogens is 3. The summed E-state index contributed by atoms with van der Waals surface area (Å²) in [6.07, 6.45) is 5.79. The van der Waals surface area contributed by atoms with Crippen LogP contribution in [0.15, 0.2) is 61.1 Å². The predicted octanol–water partition coefficient (Wildman–Crippen LogP) is 3.00. The van der Waals surface area contributed by atoms with Crippen molar-refractivity contribution in [3.8, 4) is 0 Å². The summed E-state index contributed by atoms with van der Waals surface area (Å²) < 4.78 is 1.76. The highest BCUT2D eigenvalue weighted by atomic mass is 16.1. The Bertz CT molecular complexity index is 967. The van der Waals surface area contributed by atoms with Gasteiger partial charge in [0, 0.05) is 35.2 Å². The second-order valence-corrected chi connectivity index (χ2v) is 5.20. The first-order valence-electron chi connectivity index (χ1n) is 7.08. The first-order chi connectivity index (χ1) is 10.8. The largest absolute Gasteiger partial charge is 0.361 e. The summed E-state index contributed by atoms with van der Waals surface area (Å²) >= 11 is 0. The van der Waals surface area contributed by atoms with Gasteiger partial charge < -0.3 is 10.3 Å². The van der Waals surface area contributed by atoms with E-state index in [4.69, 9.17) is 0 Å². The Labute approximate surface area is 126 Å². The Morgan fingerprint density at radius 2 is 2.14 bits per heavy atom. The summed E-state index contributed by atoms with van der Waals surface area (Å²) in [6, 6.07) is 13.6. The molecule has 22 heavy (non-hydrogen) atoms. The number of nitrogens with zero attached hydrogens (tertiary/aromatic N) is 2. The molecule has 0 spiro atoms. The maximum absolute atomic E-state index is 12.3. The maximum atomic E-state index is 12.3. The average molecular weight is 290 g/mol. The molecule has 0 atom stereocenters. The van der Waals surface area contributed by atoms with E-state index < -0.39 is 0 Å². The smallest absolute Gasteiger partial charge is 0.228 e. The van der Waals surface area contributed by atoms with Crippen LogP contribution in [0, 0.1) is 0 Å². The average Bonchev–Trinajstić information content (AvgIpc) is 3.14. The Morgan fingerprint density at radius 1 is 1.23 bits per heavy atom. The number of nitrogens with one attached hydrogen (secondary N) is 2. The van der Waals surface area contributed by atoms with E-state index in [1.807, 2.05) is 54.9 Å². The Hall–Kier alpha value is -3.08. The van der Waals surface area contributed by atoms with Gasteiger partial charge in [-0.15, -0.1) is 0 Å². The van der Waals surface area contributed by atoms with Crippen LogP contribution in [0.3, 0.4) is 0 Å². The number of anilines is 1. The van der Waals surface area contributed by atoms with Crippen LogP contribution in [-0.4, -0.2) is 20.5 Å². The number of hydrogen-bond donors (Lipinski definition) is 2. The fourth-order valence-corrected chi connectivity index (χ4v) is 2.66. The van der Waals surface area contributed by atoms with Crippen molar-refractivity contribution in [1.29, 1.82) is 0 Å². The number of carbonyl (C=O) groups excluding carboxylic acids is 1. The molecule has 0 radical (unpaired) electrons. The van der Waals surface area contributed by atoms with Crippen LogP contribution < -0.4 is 5.32 Å². The molecular formula is C17H14N4O. The van der Waals surface area contributed by atoms with Crippen molar-refractivity contribution < 1.29 is 4.79 Å². The van der Waals surface area contributed by atoms with Crippen LogP contribution >= 0.6 is 0 Å². The van der Waals surface area contributed by atoms with E-state index in [0.717, 1.165) is 27.7 Å². The lowest BCUT2D eigenvalue weighted by molar-refractivity contribution is -0.115. The normalized spacial score (nSPS) is 11.1. The van der Waals surface area contributed by atoms with E-state index in [9.17, 15) is 4.79 Å². The van der Waals surface area contributed by atoms with Crippen molar-refractivity contribution in [3.05, 3.63) is 66.6 Å². The fraction of sp³-hybridized carbons (Fsp3) is 0.0588. The van der Waals surface area contributed by atoms with Gasteiger partial charge in [0.1, 0.15) is 0 Å². The number of benzene rings is 1. The topological polar surface area (TPSA) is 62.2 Å². The summed E-state index contributed by atoms with van der Waals surface area (Å²) in [5, 5.41) is 8.15. The standard InChI is InChI=1S/C17H14N4O/c22-17(9-12-11-18-16-4-2-1-3-15(12)16)20-13-6-8-21-14(10-13)5-7-19-21/h1-8,10-11,18H,9H2,(H,20,22). The van der Waals surface area contributed by atoms with Crippen LogP contribution in [0.2, 0.25) is 0 Å². The van der Waals surface area contributed by atoms with Gasteiger partial charge >= 0.3 is 0 Å². The second kappa shape index (κ2) is 5.04. The molecule has 0 saturated carbocycles. The zero-order chi connectivity index (χ0) is 14.9. The number of para-hydroxylation sites is 1. The Morgan fingerprint density at radius 3 is 3.09 bits per heavy atom. The van der Waals surface area contributed by atoms with Gasteiger partial charge in [-0.3, -0.25) is 4.79 Å². The van der Waals surface area contributed by atoms with Crippen LogP contribution in [0.5, 0.6) is 0 Å². The molecule has 4 aromatic rings. The summed E-state index contributed by atoms with van der Waals surface area (Å²) in [4.78, 5) is 15.4. The minimum atomic E-state index is -0.0337. The monoisotopic (exact) mass is 290 g/mol. The Kier molecular flexibility index (Phi) is 2.89. The number of hydrogen-bond acceptors (Lipinski definition) is 2. The molecule has 0 saturated heterocycles. The van der Waals surface area contributed by atoms with Gasteiger partial charge in [0.15, 0.2) is 0 Å². The van der Waals surface area contributed by atoms with E-state index in [-0.39, 0.29) is 5.91 Å². The zero-order valence-electron chi connectivity index (χ0n) is 11.8. The molecular weight excluding hydrogens is 276 g/mol. The molecule has 108 valence electrons. The molecule has 5 nitrogen and oxygen atoms in total. The van der Waals surface area contributed by atoms with Crippen molar-refractivity contribution in [2.75, 3.05) is 5.32 Å². The van der Waals surface area contributed by atoms with Crippen molar-refractivity contribution in [2.45, 2.75) is 6.42 Å². The summed E-state index contributed by atoms with van der Waals surface area (Å²) in [7, 11) is 0. The predicted molar refractivity (Wildman–Crippen MR) is 85.8 cm³/mol. The number of rotatable bonds is 3. The fourth-order valence-electron chi connectivity index (χ4n) is 2.66. The van der Waals surface area contributed by atoms with Crippen molar-refractivity contribution >= 4 is 28.0 Å². The molecule has 1 aromatic carbocycles. The molecule has 3 heterocycles. The van der Waals surface area contributed by atoms with Gasteiger partial charge in [0.2, 0.25) is 5.91 Å². The number of carbonyl (C=O) groups is 1. The van der Waals surface area contributed by atoms with Gasteiger partial charge in [-0.2, -0.15) is 5.10 Å². The van der Waals surface area contributed by atoms with E-state index >= 15 is 0 Å². The van der Waals surface area contributed by atoms with Crippen LogP contribution in [0.1, 0.15) is 5.56 Å². The van der Waals surface area contributed by atoms with Gasteiger partial charge in [0.05, 0.1) is 11.9 Å². The number of H-pyrrole nitrogens is 1. The van der Waals surface area contributed by atoms with Crippen molar-refractivity contribution in [3.63, 3.8) is 0 Å². The number of aromatic amines is 1. The zero-order valence-corrected chi connectivity index (χ0v) is 11.8. The molecule has 0 bridgehead atoms. The molecule has 0 fully saturated rings. The first kappa shape index (κ1) is 12.6. The highest BCUT2D eigenvalue weighted by molar-refractivity contribution is 5.96.